The van der Waals surface area contributed by atoms with E-state index >= 15 is 0 Å². The summed E-state index contributed by atoms with van der Waals surface area (Å²) in [4.78, 5) is 12.9. The van der Waals surface area contributed by atoms with Crippen LogP contribution in [-0.2, 0) is 5.88 Å². The van der Waals surface area contributed by atoms with Gasteiger partial charge < -0.3 is 4.90 Å². The molecule has 1 fully saturated rings. The lowest BCUT2D eigenvalue weighted by Crippen LogP contribution is -2.34. The van der Waals surface area contributed by atoms with Crippen LogP contribution in [0.4, 0.5) is 11.4 Å². The lowest BCUT2D eigenvalue weighted by molar-refractivity contribution is -0.385. The summed E-state index contributed by atoms with van der Waals surface area (Å²) < 4.78 is 0. The van der Waals surface area contributed by atoms with Crippen molar-refractivity contribution in [1.82, 2.24) is 0 Å². The fourth-order valence-corrected chi connectivity index (χ4v) is 3.17. The molecule has 1 aromatic carbocycles. The minimum Gasteiger partial charge on any atom is -0.366 e. The zero-order valence-electron chi connectivity index (χ0n) is 11.3. The van der Waals surface area contributed by atoms with Crippen LogP contribution in [0, 0.1) is 10.1 Å². The van der Waals surface area contributed by atoms with Crippen molar-refractivity contribution < 1.29 is 4.92 Å². The van der Waals surface area contributed by atoms with Crippen LogP contribution in [0.5, 0.6) is 0 Å². The molecule has 2 atom stereocenters. The zero-order chi connectivity index (χ0) is 14.0. The van der Waals surface area contributed by atoms with Crippen molar-refractivity contribution in [2.75, 3.05) is 4.90 Å². The number of nitro groups is 1. The van der Waals surface area contributed by atoms with E-state index < -0.39 is 0 Å². The molecule has 2 rings (SSSR count). The van der Waals surface area contributed by atoms with Gasteiger partial charge in [-0.05, 0) is 38.3 Å². The van der Waals surface area contributed by atoms with Gasteiger partial charge >= 0.3 is 0 Å². The van der Waals surface area contributed by atoms with Crippen molar-refractivity contribution in [3.8, 4) is 0 Å². The molecule has 1 aliphatic rings. The van der Waals surface area contributed by atoms with Crippen molar-refractivity contribution in [3.05, 3.63) is 33.9 Å². The molecule has 1 saturated heterocycles. The lowest BCUT2D eigenvalue weighted by Gasteiger charge is -2.30. The summed E-state index contributed by atoms with van der Waals surface area (Å²) in [5.74, 6) is 0.170. The van der Waals surface area contributed by atoms with Crippen LogP contribution in [0.3, 0.4) is 0 Å². The Bertz CT molecular complexity index is 479. The van der Waals surface area contributed by atoms with Crippen molar-refractivity contribution in [2.45, 2.75) is 51.1 Å². The summed E-state index contributed by atoms with van der Waals surface area (Å²) in [5, 5.41) is 10.9. The number of anilines is 1. The minimum absolute atomic E-state index is 0.110. The normalized spacial score (nSPS) is 22.8. The van der Waals surface area contributed by atoms with E-state index in [1.165, 1.54) is 12.8 Å². The molecule has 0 N–H and O–H groups in total. The average Bonchev–Trinajstić information content (AvgIpc) is 2.78. The fraction of sp³-hybridized carbons (Fsp3) is 0.571. The van der Waals surface area contributed by atoms with E-state index in [1.807, 2.05) is 12.1 Å². The van der Waals surface area contributed by atoms with E-state index in [-0.39, 0.29) is 16.5 Å². The Morgan fingerprint density at radius 2 is 2.21 bits per heavy atom. The molecule has 104 valence electrons. The molecule has 0 amide bonds. The molecule has 1 aromatic rings. The largest absolute Gasteiger partial charge is 0.366 e. The zero-order valence-corrected chi connectivity index (χ0v) is 12.1. The minimum atomic E-state index is -0.369. The van der Waals surface area contributed by atoms with E-state index in [9.17, 15) is 10.1 Å². The monoisotopic (exact) mass is 282 g/mol. The molecule has 0 aromatic heterocycles. The number of hydrogen-bond donors (Lipinski definition) is 0. The Kier molecular flexibility index (Phi) is 4.30. The number of rotatable bonds is 4. The number of hydrogen-bond acceptors (Lipinski definition) is 3. The molecular weight excluding hydrogens is 264 g/mol. The van der Waals surface area contributed by atoms with Crippen LogP contribution < -0.4 is 4.90 Å². The molecule has 0 aliphatic carbocycles. The molecule has 1 aliphatic heterocycles. The third-order valence-corrected chi connectivity index (χ3v) is 4.25. The summed E-state index contributed by atoms with van der Waals surface area (Å²) in [6.07, 6.45) is 3.45. The highest BCUT2D eigenvalue weighted by Crippen LogP contribution is 2.34. The molecule has 1 heterocycles. The number of halogens is 1. The molecule has 19 heavy (non-hydrogen) atoms. The van der Waals surface area contributed by atoms with Crippen LogP contribution in [0.25, 0.3) is 0 Å². The molecule has 0 saturated carbocycles. The highest BCUT2D eigenvalue weighted by atomic mass is 35.5. The van der Waals surface area contributed by atoms with Gasteiger partial charge in [0.05, 0.1) is 10.8 Å². The number of nitrogens with zero attached hydrogens (tertiary/aromatic N) is 2. The average molecular weight is 283 g/mol. The Morgan fingerprint density at radius 1 is 1.47 bits per heavy atom. The van der Waals surface area contributed by atoms with E-state index in [0.29, 0.717) is 17.6 Å². The maximum atomic E-state index is 10.9. The van der Waals surface area contributed by atoms with Crippen molar-refractivity contribution >= 4 is 23.0 Å². The van der Waals surface area contributed by atoms with E-state index in [4.69, 9.17) is 11.6 Å². The summed E-state index contributed by atoms with van der Waals surface area (Å²) in [7, 11) is 0. The molecule has 5 heteroatoms. The van der Waals surface area contributed by atoms with Gasteiger partial charge in [0, 0.05) is 29.4 Å². The van der Waals surface area contributed by atoms with Crippen LogP contribution >= 0.6 is 11.6 Å². The SMILES string of the molecule is CCC1CCC(C)N1c1ccc([N+](=O)[O-])c(CCl)c1. The summed E-state index contributed by atoms with van der Waals surface area (Å²) in [5.41, 5.74) is 1.76. The Labute approximate surface area is 118 Å². The Hall–Kier alpha value is -1.29. The van der Waals surface area contributed by atoms with E-state index in [0.717, 1.165) is 12.1 Å². The lowest BCUT2D eigenvalue weighted by atomic mass is 10.1. The van der Waals surface area contributed by atoms with E-state index in [2.05, 4.69) is 18.7 Å². The highest BCUT2D eigenvalue weighted by molar-refractivity contribution is 6.17. The standard InChI is InChI=1S/C14H19ClN2O2/c1-3-12-5-4-10(2)16(12)13-6-7-14(17(18)19)11(8-13)9-15/h6-8,10,12H,3-5,9H2,1-2H3. The summed E-state index contributed by atoms with van der Waals surface area (Å²) in [6, 6.07) is 6.30. The number of nitro benzene ring substituents is 1. The Balaban J connectivity index is 2.37. The van der Waals surface area contributed by atoms with Gasteiger partial charge in [0.1, 0.15) is 0 Å². The second-order valence-electron chi connectivity index (χ2n) is 5.10. The molecule has 0 spiro atoms. The van der Waals surface area contributed by atoms with Crippen LogP contribution in [0.1, 0.15) is 38.7 Å². The van der Waals surface area contributed by atoms with Gasteiger partial charge in [0.2, 0.25) is 0 Å². The highest BCUT2D eigenvalue weighted by Gasteiger charge is 2.30. The van der Waals surface area contributed by atoms with Crippen molar-refractivity contribution in [1.29, 1.82) is 0 Å². The van der Waals surface area contributed by atoms with Crippen molar-refractivity contribution in [2.24, 2.45) is 0 Å². The third-order valence-electron chi connectivity index (χ3n) is 3.96. The fourth-order valence-electron chi connectivity index (χ4n) is 2.96. The van der Waals surface area contributed by atoms with Gasteiger partial charge in [-0.2, -0.15) is 0 Å². The Morgan fingerprint density at radius 3 is 2.79 bits per heavy atom. The van der Waals surface area contributed by atoms with Crippen LogP contribution in [0.15, 0.2) is 18.2 Å². The van der Waals surface area contributed by atoms with Crippen LogP contribution in [-0.4, -0.2) is 17.0 Å². The topological polar surface area (TPSA) is 46.4 Å². The quantitative estimate of drug-likeness (QED) is 0.474. The first kappa shape index (κ1) is 14.1. The first-order valence-electron chi connectivity index (χ1n) is 6.70. The van der Waals surface area contributed by atoms with Gasteiger partial charge in [-0.1, -0.05) is 6.92 Å². The maximum Gasteiger partial charge on any atom is 0.273 e. The second-order valence-corrected chi connectivity index (χ2v) is 5.37. The smallest absolute Gasteiger partial charge is 0.273 e. The first-order valence-corrected chi connectivity index (χ1v) is 7.23. The van der Waals surface area contributed by atoms with Crippen molar-refractivity contribution in [3.63, 3.8) is 0 Å². The predicted octanol–water partition coefficient (Wildman–Crippen LogP) is 4.10. The van der Waals surface area contributed by atoms with Gasteiger partial charge in [0.15, 0.2) is 0 Å². The first-order chi connectivity index (χ1) is 9.08. The molecule has 4 nitrogen and oxygen atoms in total. The molecule has 0 bridgehead atoms. The maximum absolute atomic E-state index is 10.9. The van der Waals surface area contributed by atoms with Gasteiger partial charge in [-0.3, -0.25) is 10.1 Å². The summed E-state index contributed by atoms with van der Waals surface area (Å²) >= 11 is 5.84. The second kappa shape index (κ2) is 5.78. The molecule has 2 unspecified atom stereocenters. The molecule has 0 radical (unpaired) electrons. The third kappa shape index (κ3) is 2.68. The summed E-state index contributed by atoms with van der Waals surface area (Å²) in [6.45, 7) is 4.39. The number of benzene rings is 1. The molecular formula is C14H19ClN2O2. The van der Waals surface area contributed by atoms with E-state index in [1.54, 1.807) is 6.07 Å². The van der Waals surface area contributed by atoms with Gasteiger partial charge in [0.25, 0.3) is 5.69 Å². The van der Waals surface area contributed by atoms with Gasteiger partial charge in [-0.25, -0.2) is 0 Å². The predicted molar refractivity (Wildman–Crippen MR) is 77.9 cm³/mol. The van der Waals surface area contributed by atoms with Crippen LogP contribution in [0.2, 0.25) is 0 Å². The van der Waals surface area contributed by atoms with Gasteiger partial charge in [-0.15, -0.1) is 11.6 Å². The number of alkyl halides is 1.